The molecule has 0 saturated heterocycles. The van der Waals surface area contributed by atoms with Gasteiger partial charge in [-0.05, 0) is 32.4 Å². The van der Waals surface area contributed by atoms with Crippen LogP contribution in [0.25, 0.3) is 0 Å². The highest BCUT2D eigenvalue weighted by Gasteiger charge is 1.95. The highest BCUT2D eigenvalue weighted by atomic mass is 16.1. The van der Waals surface area contributed by atoms with E-state index in [-0.39, 0.29) is 5.56 Å². The topological polar surface area (TPSA) is 32.9 Å². The Hall–Kier alpha value is -1.05. The van der Waals surface area contributed by atoms with E-state index in [1.165, 1.54) is 0 Å². The van der Waals surface area contributed by atoms with Crippen LogP contribution in [0.4, 0.5) is 0 Å². The van der Waals surface area contributed by atoms with E-state index in [1.54, 1.807) is 0 Å². The number of nitrogens with one attached hydrogen (secondary N) is 1. The first kappa shape index (κ1) is 7.06. The molecule has 0 spiro atoms. The molecule has 1 aromatic heterocycles. The molecule has 0 bridgehead atoms. The molecule has 1 heterocycles. The van der Waals surface area contributed by atoms with Gasteiger partial charge in [0.15, 0.2) is 0 Å². The lowest BCUT2D eigenvalue weighted by Crippen LogP contribution is -2.10. The molecule has 1 rings (SSSR count). The minimum atomic E-state index is 0.0168. The molecule has 0 amide bonds. The number of aromatic nitrogens is 1. The number of pyridine rings is 1. The SMILES string of the molecule is Cc1cc(C)c(=O)[nH]c1C. The molecule has 1 N–H and O–H groups in total. The van der Waals surface area contributed by atoms with Crippen LogP contribution >= 0.6 is 0 Å². The maximum Gasteiger partial charge on any atom is 0.251 e. The van der Waals surface area contributed by atoms with Gasteiger partial charge in [0.1, 0.15) is 0 Å². The molecular weight excluding hydrogens is 126 g/mol. The first-order chi connectivity index (χ1) is 4.61. The van der Waals surface area contributed by atoms with Crippen LogP contribution in [0.5, 0.6) is 0 Å². The predicted molar refractivity (Wildman–Crippen MR) is 41.3 cm³/mol. The first-order valence-electron chi connectivity index (χ1n) is 3.28. The average Bonchev–Trinajstić information content (AvgIpc) is 1.84. The normalized spacial score (nSPS) is 9.90. The van der Waals surface area contributed by atoms with E-state index in [2.05, 4.69) is 4.98 Å². The van der Waals surface area contributed by atoms with Crippen molar-refractivity contribution in [1.82, 2.24) is 4.98 Å². The molecule has 0 atom stereocenters. The molecule has 0 unspecified atom stereocenters. The molecule has 0 fully saturated rings. The fourth-order valence-electron chi connectivity index (χ4n) is 0.866. The molecule has 1 aromatic rings. The third-order valence-corrected chi connectivity index (χ3v) is 1.68. The minimum absolute atomic E-state index is 0.0168. The minimum Gasteiger partial charge on any atom is -0.326 e. The van der Waals surface area contributed by atoms with Crippen molar-refractivity contribution in [3.8, 4) is 0 Å². The van der Waals surface area contributed by atoms with Crippen molar-refractivity contribution in [2.45, 2.75) is 20.8 Å². The Morgan fingerprint density at radius 3 is 2.30 bits per heavy atom. The van der Waals surface area contributed by atoms with E-state index in [9.17, 15) is 4.79 Å². The van der Waals surface area contributed by atoms with Crippen LogP contribution in [0.3, 0.4) is 0 Å². The smallest absolute Gasteiger partial charge is 0.251 e. The maximum atomic E-state index is 10.9. The van der Waals surface area contributed by atoms with Crippen molar-refractivity contribution in [2.75, 3.05) is 0 Å². The molecule has 0 aromatic carbocycles. The molecule has 2 heteroatoms. The van der Waals surface area contributed by atoms with Crippen LogP contribution in [0.2, 0.25) is 0 Å². The van der Waals surface area contributed by atoms with E-state index in [1.807, 2.05) is 26.8 Å². The second kappa shape index (κ2) is 2.29. The fraction of sp³-hybridized carbons (Fsp3) is 0.375. The van der Waals surface area contributed by atoms with Gasteiger partial charge in [0, 0.05) is 11.3 Å². The zero-order chi connectivity index (χ0) is 7.72. The third-order valence-electron chi connectivity index (χ3n) is 1.68. The van der Waals surface area contributed by atoms with Gasteiger partial charge < -0.3 is 4.98 Å². The van der Waals surface area contributed by atoms with Crippen LogP contribution in [0, 0.1) is 20.8 Å². The van der Waals surface area contributed by atoms with Gasteiger partial charge in [-0.2, -0.15) is 0 Å². The third kappa shape index (κ3) is 1.10. The van der Waals surface area contributed by atoms with Crippen molar-refractivity contribution in [3.63, 3.8) is 0 Å². The summed E-state index contributed by atoms with van der Waals surface area (Å²) in [6.45, 7) is 5.69. The number of rotatable bonds is 0. The second-order valence-electron chi connectivity index (χ2n) is 2.59. The number of aryl methyl sites for hydroxylation is 3. The van der Waals surface area contributed by atoms with Crippen molar-refractivity contribution in [1.29, 1.82) is 0 Å². The Kier molecular flexibility index (Phi) is 1.62. The molecular formula is C8H11NO. The van der Waals surface area contributed by atoms with Gasteiger partial charge in [-0.3, -0.25) is 4.79 Å². The highest BCUT2D eigenvalue weighted by Crippen LogP contribution is 2.00. The summed E-state index contributed by atoms with van der Waals surface area (Å²) >= 11 is 0. The van der Waals surface area contributed by atoms with Crippen molar-refractivity contribution >= 4 is 0 Å². The average molecular weight is 137 g/mol. The predicted octanol–water partition coefficient (Wildman–Crippen LogP) is 1.30. The second-order valence-corrected chi connectivity index (χ2v) is 2.59. The summed E-state index contributed by atoms with van der Waals surface area (Å²) in [6.07, 6.45) is 0. The van der Waals surface area contributed by atoms with Crippen molar-refractivity contribution < 1.29 is 0 Å². The van der Waals surface area contributed by atoms with Gasteiger partial charge in [-0.15, -0.1) is 0 Å². The van der Waals surface area contributed by atoms with Crippen molar-refractivity contribution in [3.05, 3.63) is 33.2 Å². The van der Waals surface area contributed by atoms with Gasteiger partial charge in [0.2, 0.25) is 0 Å². The Morgan fingerprint density at radius 2 is 1.80 bits per heavy atom. The summed E-state index contributed by atoms with van der Waals surface area (Å²) < 4.78 is 0. The van der Waals surface area contributed by atoms with E-state index in [0.717, 1.165) is 16.8 Å². The maximum absolute atomic E-state index is 10.9. The number of H-pyrrole nitrogens is 1. The zero-order valence-electron chi connectivity index (χ0n) is 6.49. The Labute approximate surface area is 59.9 Å². The zero-order valence-corrected chi connectivity index (χ0v) is 6.49. The van der Waals surface area contributed by atoms with Crippen LogP contribution in [-0.4, -0.2) is 4.98 Å². The molecule has 2 nitrogen and oxygen atoms in total. The van der Waals surface area contributed by atoms with E-state index < -0.39 is 0 Å². The monoisotopic (exact) mass is 137 g/mol. The molecule has 0 aliphatic rings. The Morgan fingerprint density at radius 1 is 1.20 bits per heavy atom. The lowest BCUT2D eigenvalue weighted by molar-refractivity contribution is 1.07. The van der Waals surface area contributed by atoms with Crippen molar-refractivity contribution in [2.24, 2.45) is 0 Å². The van der Waals surface area contributed by atoms with Gasteiger partial charge >= 0.3 is 0 Å². The van der Waals surface area contributed by atoms with Gasteiger partial charge in [0.25, 0.3) is 5.56 Å². The van der Waals surface area contributed by atoms with Crippen LogP contribution in [0.15, 0.2) is 10.9 Å². The lowest BCUT2D eigenvalue weighted by atomic mass is 10.2. The summed E-state index contributed by atoms with van der Waals surface area (Å²) in [5.41, 5.74) is 2.89. The molecule has 0 aliphatic carbocycles. The van der Waals surface area contributed by atoms with Gasteiger partial charge in [-0.25, -0.2) is 0 Å². The van der Waals surface area contributed by atoms with E-state index in [0.29, 0.717) is 0 Å². The fourth-order valence-corrected chi connectivity index (χ4v) is 0.866. The standard InChI is InChI=1S/C8H11NO/c1-5-4-6(2)8(10)9-7(5)3/h4H,1-3H3,(H,9,10). The summed E-state index contributed by atoms with van der Waals surface area (Å²) in [7, 11) is 0. The lowest BCUT2D eigenvalue weighted by Gasteiger charge is -1.98. The number of hydrogen-bond acceptors (Lipinski definition) is 1. The van der Waals surface area contributed by atoms with Gasteiger partial charge in [0.05, 0.1) is 0 Å². The molecule has 54 valence electrons. The highest BCUT2D eigenvalue weighted by molar-refractivity contribution is 5.21. The molecule has 0 aliphatic heterocycles. The van der Waals surface area contributed by atoms with E-state index in [4.69, 9.17) is 0 Å². The molecule has 10 heavy (non-hydrogen) atoms. The largest absolute Gasteiger partial charge is 0.326 e. The molecule has 0 saturated carbocycles. The summed E-state index contributed by atoms with van der Waals surface area (Å²) in [5, 5.41) is 0. The van der Waals surface area contributed by atoms with E-state index >= 15 is 0 Å². The summed E-state index contributed by atoms with van der Waals surface area (Å²) in [5.74, 6) is 0. The molecule has 0 radical (unpaired) electrons. The number of hydrogen-bond donors (Lipinski definition) is 1. The van der Waals surface area contributed by atoms with Crippen LogP contribution in [0.1, 0.15) is 16.8 Å². The Balaban J connectivity index is 3.43. The quantitative estimate of drug-likeness (QED) is 0.574. The Bertz CT molecular complexity index is 299. The number of aromatic amines is 1. The first-order valence-corrected chi connectivity index (χ1v) is 3.28. The summed E-state index contributed by atoms with van der Waals surface area (Å²) in [4.78, 5) is 13.7. The summed E-state index contributed by atoms with van der Waals surface area (Å²) in [6, 6.07) is 1.90. The van der Waals surface area contributed by atoms with Gasteiger partial charge in [-0.1, -0.05) is 0 Å². The van der Waals surface area contributed by atoms with Crippen LogP contribution < -0.4 is 5.56 Å². The van der Waals surface area contributed by atoms with Crippen LogP contribution in [-0.2, 0) is 0 Å².